The van der Waals surface area contributed by atoms with Crippen LogP contribution in [-0.4, -0.2) is 24.4 Å². The summed E-state index contributed by atoms with van der Waals surface area (Å²) in [5.41, 5.74) is 2.59. The lowest BCUT2D eigenvalue weighted by Crippen LogP contribution is -2.04. The van der Waals surface area contributed by atoms with Gasteiger partial charge in [0.2, 0.25) is 5.82 Å². The van der Waals surface area contributed by atoms with Crippen LogP contribution in [0.5, 0.6) is 17.2 Å². The van der Waals surface area contributed by atoms with E-state index in [4.69, 9.17) is 18.7 Å². The van der Waals surface area contributed by atoms with Gasteiger partial charge < -0.3 is 18.7 Å². The minimum Gasteiger partial charge on any atom is -0.496 e. The SMILES string of the molecule is COc1cc(-c2noc(-c3ccccc3OC)n2)ccc1O[C@H](C)c1ccccc1. The van der Waals surface area contributed by atoms with Crippen molar-refractivity contribution in [3.63, 3.8) is 0 Å². The van der Waals surface area contributed by atoms with Crippen LogP contribution in [0.2, 0.25) is 0 Å². The van der Waals surface area contributed by atoms with Crippen molar-refractivity contribution in [3.05, 3.63) is 78.4 Å². The maximum atomic E-state index is 6.11. The third-order valence-corrected chi connectivity index (χ3v) is 4.76. The molecule has 0 fully saturated rings. The maximum Gasteiger partial charge on any atom is 0.262 e. The molecule has 0 aliphatic carbocycles. The van der Waals surface area contributed by atoms with Gasteiger partial charge in [0.05, 0.1) is 19.8 Å². The molecule has 6 nitrogen and oxygen atoms in total. The van der Waals surface area contributed by atoms with Gasteiger partial charge in [-0.15, -0.1) is 0 Å². The fourth-order valence-electron chi connectivity index (χ4n) is 3.16. The van der Waals surface area contributed by atoms with Crippen LogP contribution in [0.3, 0.4) is 0 Å². The number of benzene rings is 3. The third-order valence-electron chi connectivity index (χ3n) is 4.76. The van der Waals surface area contributed by atoms with Gasteiger partial charge in [0.15, 0.2) is 11.5 Å². The number of rotatable bonds is 7. The number of methoxy groups -OCH3 is 2. The van der Waals surface area contributed by atoms with Crippen LogP contribution in [0.1, 0.15) is 18.6 Å². The van der Waals surface area contributed by atoms with Crippen LogP contribution in [0, 0.1) is 0 Å². The summed E-state index contributed by atoms with van der Waals surface area (Å²) in [4.78, 5) is 4.52. The van der Waals surface area contributed by atoms with Crippen molar-refractivity contribution in [1.82, 2.24) is 10.1 Å². The topological polar surface area (TPSA) is 66.6 Å². The summed E-state index contributed by atoms with van der Waals surface area (Å²) in [6.07, 6.45) is -0.117. The van der Waals surface area contributed by atoms with E-state index >= 15 is 0 Å². The highest BCUT2D eigenvalue weighted by atomic mass is 16.5. The minimum absolute atomic E-state index is 0.117. The van der Waals surface area contributed by atoms with Gasteiger partial charge >= 0.3 is 0 Å². The molecule has 0 saturated carbocycles. The second-order valence-corrected chi connectivity index (χ2v) is 6.66. The molecule has 6 heteroatoms. The molecule has 0 amide bonds. The standard InChI is InChI=1S/C24H22N2O4/c1-16(17-9-5-4-6-10-17)29-21-14-13-18(15-22(21)28-3)23-25-24(30-26-23)19-11-7-8-12-20(19)27-2/h4-16H,1-3H3/t16-/m1/s1. The predicted octanol–water partition coefficient (Wildman–Crippen LogP) is 5.56. The predicted molar refractivity (Wildman–Crippen MR) is 114 cm³/mol. The van der Waals surface area contributed by atoms with E-state index in [1.54, 1.807) is 14.2 Å². The van der Waals surface area contributed by atoms with Gasteiger partial charge in [0.1, 0.15) is 11.9 Å². The van der Waals surface area contributed by atoms with Gasteiger partial charge in [0, 0.05) is 5.56 Å². The van der Waals surface area contributed by atoms with Crippen molar-refractivity contribution in [2.75, 3.05) is 14.2 Å². The summed E-state index contributed by atoms with van der Waals surface area (Å²) in [6, 6.07) is 23.1. The summed E-state index contributed by atoms with van der Waals surface area (Å²) in [7, 11) is 3.21. The van der Waals surface area contributed by atoms with E-state index in [1.165, 1.54) is 0 Å². The lowest BCUT2D eigenvalue weighted by Gasteiger charge is -2.17. The number of nitrogens with zero attached hydrogens (tertiary/aromatic N) is 2. The molecule has 0 radical (unpaired) electrons. The van der Waals surface area contributed by atoms with Crippen LogP contribution in [0.25, 0.3) is 22.8 Å². The van der Waals surface area contributed by atoms with Crippen LogP contribution >= 0.6 is 0 Å². The second kappa shape index (κ2) is 8.69. The highest BCUT2D eigenvalue weighted by Crippen LogP contribution is 2.35. The molecule has 1 aromatic heterocycles. The first kappa shape index (κ1) is 19.5. The summed E-state index contributed by atoms with van der Waals surface area (Å²) in [5.74, 6) is 2.75. The Labute approximate surface area is 175 Å². The van der Waals surface area contributed by atoms with E-state index in [9.17, 15) is 0 Å². The molecule has 0 N–H and O–H groups in total. The Hall–Kier alpha value is -3.80. The quantitative estimate of drug-likeness (QED) is 0.403. The highest BCUT2D eigenvalue weighted by Gasteiger charge is 2.17. The summed E-state index contributed by atoms with van der Waals surface area (Å²) in [6.45, 7) is 2.00. The van der Waals surface area contributed by atoms with Gasteiger partial charge in [-0.05, 0) is 42.8 Å². The van der Waals surface area contributed by atoms with Crippen molar-refractivity contribution >= 4 is 0 Å². The Bertz CT molecular complexity index is 1130. The number of ether oxygens (including phenoxy) is 3. The first-order chi connectivity index (χ1) is 14.7. The van der Waals surface area contributed by atoms with Gasteiger partial charge in [-0.25, -0.2) is 0 Å². The van der Waals surface area contributed by atoms with Crippen molar-refractivity contribution in [2.24, 2.45) is 0 Å². The molecule has 0 bridgehead atoms. The van der Waals surface area contributed by atoms with E-state index in [1.807, 2.05) is 79.7 Å². The molecule has 0 saturated heterocycles. The molecule has 4 aromatic rings. The molecule has 4 rings (SSSR count). The molecule has 0 aliphatic rings. The lowest BCUT2D eigenvalue weighted by atomic mass is 10.1. The van der Waals surface area contributed by atoms with E-state index in [0.717, 1.165) is 16.7 Å². The molecule has 0 aliphatic heterocycles. The highest BCUT2D eigenvalue weighted by molar-refractivity contribution is 5.66. The second-order valence-electron chi connectivity index (χ2n) is 6.66. The van der Waals surface area contributed by atoms with Gasteiger partial charge in [-0.3, -0.25) is 0 Å². The van der Waals surface area contributed by atoms with E-state index < -0.39 is 0 Å². The Balaban J connectivity index is 1.60. The minimum atomic E-state index is -0.117. The van der Waals surface area contributed by atoms with Crippen LogP contribution in [0.15, 0.2) is 77.3 Å². The zero-order valence-corrected chi connectivity index (χ0v) is 17.0. The molecular formula is C24H22N2O4. The summed E-state index contributed by atoms with van der Waals surface area (Å²) < 4.78 is 22.5. The van der Waals surface area contributed by atoms with Crippen LogP contribution in [-0.2, 0) is 0 Å². The zero-order chi connectivity index (χ0) is 20.9. The van der Waals surface area contributed by atoms with E-state index in [-0.39, 0.29) is 6.10 Å². The first-order valence-electron chi connectivity index (χ1n) is 9.56. The van der Waals surface area contributed by atoms with E-state index in [2.05, 4.69) is 10.1 Å². The molecule has 3 aromatic carbocycles. The Morgan fingerprint density at radius 2 is 1.53 bits per heavy atom. The molecule has 0 unspecified atom stereocenters. The van der Waals surface area contributed by atoms with Crippen LogP contribution < -0.4 is 14.2 Å². The normalized spacial score (nSPS) is 11.7. The number of hydrogen-bond donors (Lipinski definition) is 0. The molecular weight excluding hydrogens is 380 g/mol. The Morgan fingerprint density at radius 3 is 2.30 bits per heavy atom. The van der Waals surface area contributed by atoms with Crippen LogP contribution in [0.4, 0.5) is 0 Å². The fourth-order valence-corrected chi connectivity index (χ4v) is 3.16. The largest absolute Gasteiger partial charge is 0.496 e. The monoisotopic (exact) mass is 402 g/mol. The zero-order valence-electron chi connectivity index (χ0n) is 17.0. The third kappa shape index (κ3) is 3.98. The van der Waals surface area contributed by atoms with E-state index in [0.29, 0.717) is 29.0 Å². The first-order valence-corrected chi connectivity index (χ1v) is 9.56. The smallest absolute Gasteiger partial charge is 0.262 e. The molecule has 1 heterocycles. The molecule has 0 spiro atoms. The Kier molecular flexibility index (Phi) is 5.66. The van der Waals surface area contributed by atoms with Crippen molar-refractivity contribution < 1.29 is 18.7 Å². The van der Waals surface area contributed by atoms with Gasteiger partial charge in [-0.2, -0.15) is 4.98 Å². The number of hydrogen-bond acceptors (Lipinski definition) is 6. The molecule has 1 atom stereocenters. The number of para-hydroxylation sites is 1. The lowest BCUT2D eigenvalue weighted by molar-refractivity contribution is 0.216. The van der Waals surface area contributed by atoms with Crippen molar-refractivity contribution in [3.8, 4) is 40.1 Å². The average Bonchev–Trinajstić information content (AvgIpc) is 3.30. The van der Waals surface area contributed by atoms with Crippen molar-refractivity contribution in [2.45, 2.75) is 13.0 Å². The van der Waals surface area contributed by atoms with Gasteiger partial charge in [-0.1, -0.05) is 47.6 Å². The summed E-state index contributed by atoms with van der Waals surface area (Å²) in [5, 5.41) is 4.11. The van der Waals surface area contributed by atoms with Gasteiger partial charge in [0.25, 0.3) is 5.89 Å². The average molecular weight is 402 g/mol. The molecule has 152 valence electrons. The van der Waals surface area contributed by atoms with Crippen molar-refractivity contribution in [1.29, 1.82) is 0 Å². The number of aromatic nitrogens is 2. The molecule has 30 heavy (non-hydrogen) atoms. The Morgan fingerprint density at radius 1 is 0.800 bits per heavy atom. The summed E-state index contributed by atoms with van der Waals surface area (Å²) >= 11 is 0. The fraction of sp³-hybridized carbons (Fsp3) is 0.167. The maximum absolute atomic E-state index is 6.11.